The van der Waals surface area contributed by atoms with Crippen LogP contribution >= 0.6 is 23.2 Å². The Kier molecular flexibility index (Phi) is 4.94. The highest BCUT2D eigenvalue weighted by Crippen LogP contribution is 2.23. The highest BCUT2D eigenvalue weighted by Gasteiger charge is 2.06. The first-order chi connectivity index (χ1) is 9.97. The summed E-state index contributed by atoms with van der Waals surface area (Å²) in [4.78, 5) is 0. The normalized spacial score (nSPS) is 11.5. The van der Waals surface area contributed by atoms with E-state index in [2.05, 4.69) is 10.5 Å². The van der Waals surface area contributed by atoms with Crippen molar-refractivity contribution in [2.24, 2.45) is 5.10 Å². The van der Waals surface area contributed by atoms with Crippen LogP contribution in [0, 0.1) is 0 Å². The van der Waals surface area contributed by atoms with E-state index < -0.39 is 0 Å². The summed E-state index contributed by atoms with van der Waals surface area (Å²) in [5.41, 5.74) is 4.90. The highest BCUT2D eigenvalue weighted by atomic mass is 35.5. The maximum atomic E-state index is 9.75. The lowest BCUT2D eigenvalue weighted by Gasteiger charge is -2.07. The van der Waals surface area contributed by atoms with E-state index in [4.69, 9.17) is 23.2 Å². The van der Waals surface area contributed by atoms with Crippen LogP contribution in [0.1, 0.15) is 18.1 Å². The topological polar surface area (TPSA) is 64.9 Å². The predicted octanol–water partition coefficient (Wildman–Crippen LogP) is 3.92. The third-order valence-corrected chi connectivity index (χ3v) is 3.49. The average molecular weight is 325 g/mol. The summed E-state index contributed by atoms with van der Waals surface area (Å²) in [6.07, 6.45) is 0. The molecule has 3 N–H and O–H groups in total. The highest BCUT2D eigenvalue weighted by molar-refractivity contribution is 6.35. The zero-order valence-electron chi connectivity index (χ0n) is 11.3. The molecule has 2 aromatic rings. The Balaban J connectivity index is 2.06. The molecule has 0 bridgehead atoms. The van der Waals surface area contributed by atoms with E-state index in [1.807, 2.05) is 6.07 Å². The molecule has 0 aliphatic heterocycles. The second-order valence-corrected chi connectivity index (χ2v) is 5.31. The first kappa shape index (κ1) is 15.5. The maximum Gasteiger partial charge on any atom is 0.128 e. The lowest BCUT2D eigenvalue weighted by molar-refractivity contribution is 0.450. The van der Waals surface area contributed by atoms with Gasteiger partial charge in [-0.15, -0.1) is 0 Å². The van der Waals surface area contributed by atoms with Gasteiger partial charge >= 0.3 is 0 Å². The summed E-state index contributed by atoms with van der Waals surface area (Å²) in [6.45, 7) is 2.19. The van der Waals surface area contributed by atoms with Crippen LogP contribution in [-0.2, 0) is 6.54 Å². The van der Waals surface area contributed by atoms with Gasteiger partial charge in [-0.25, -0.2) is 0 Å². The Bertz CT molecular complexity index is 687. The van der Waals surface area contributed by atoms with Crippen LogP contribution < -0.4 is 5.43 Å². The van der Waals surface area contributed by atoms with Crippen LogP contribution in [0.2, 0.25) is 10.0 Å². The van der Waals surface area contributed by atoms with E-state index in [0.29, 0.717) is 27.9 Å². The van der Waals surface area contributed by atoms with Gasteiger partial charge in [-0.05, 0) is 36.8 Å². The first-order valence-electron chi connectivity index (χ1n) is 6.21. The summed E-state index contributed by atoms with van der Waals surface area (Å²) in [7, 11) is 0. The van der Waals surface area contributed by atoms with Gasteiger partial charge in [-0.1, -0.05) is 29.3 Å². The molecule has 6 heteroatoms. The molecule has 2 rings (SSSR count). The average Bonchev–Trinajstić information content (AvgIpc) is 2.41. The van der Waals surface area contributed by atoms with Crippen molar-refractivity contribution in [2.75, 3.05) is 0 Å². The van der Waals surface area contributed by atoms with Gasteiger partial charge in [0.25, 0.3) is 0 Å². The van der Waals surface area contributed by atoms with Crippen LogP contribution in [0.3, 0.4) is 0 Å². The fraction of sp³-hybridized carbons (Fsp3) is 0.133. The number of nitrogens with zero attached hydrogens (tertiary/aromatic N) is 1. The summed E-state index contributed by atoms with van der Waals surface area (Å²) in [5, 5.41) is 24.3. The number of phenols is 2. The second kappa shape index (κ2) is 6.70. The number of nitrogens with one attached hydrogen (secondary N) is 1. The van der Waals surface area contributed by atoms with Crippen molar-refractivity contribution >= 4 is 28.9 Å². The molecule has 2 aromatic carbocycles. The lowest BCUT2D eigenvalue weighted by Crippen LogP contribution is -2.09. The third-order valence-electron chi connectivity index (χ3n) is 2.90. The van der Waals surface area contributed by atoms with Crippen LogP contribution in [0.5, 0.6) is 11.5 Å². The maximum absolute atomic E-state index is 9.75. The number of hydrazone groups is 1. The van der Waals surface area contributed by atoms with Gasteiger partial charge in [0.05, 0.1) is 12.3 Å². The molecule has 0 aromatic heterocycles. The molecule has 0 spiro atoms. The van der Waals surface area contributed by atoms with Gasteiger partial charge in [0.2, 0.25) is 0 Å². The fourth-order valence-corrected chi connectivity index (χ4v) is 2.27. The summed E-state index contributed by atoms with van der Waals surface area (Å²) in [5.74, 6) is -0.0208. The van der Waals surface area contributed by atoms with Gasteiger partial charge in [0.1, 0.15) is 11.5 Å². The molecule has 0 amide bonds. The Hall–Kier alpha value is -1.91. The monoisotopic (exact) mass is 324 g/mol. The van der Waals surface area contributed by atoms with Crippen molar-refractivity contribution < 1.29 is 10.2 Å². The Morgan fingerprint density at radius 3 is 2.57 bits per heavy atom. The van der Waals surface area contributed by atoms with Crippen molar-refractivity contribution in [1.29, 1.82) is 0 Å². The minimum absolute atomic E-state index is 0.00459. The summed E-state index contributed by atoms with van der Waals surface area (Å²) >= 11 is 11.9. The summed E-state index contributed by atoms with van der Waals surface area (Å²) < 4.78 is 0. The largest absolute Gasteiger partial charge is 0.508 e. The predicted molar refractivity (Wildman–Crippen MR) is 85.3 cm³/mol. The smallest absolute Gasteiger partial charge is 0.128 e. The van der Waals surface area contributed by atoms with Crippen molar-refractivity contribution in [1.82, 2.24) is 5.43 Å². The third kappa shape index (κ3) is 4.03. The van der Waals surface area contributed by atoms with Gasteiger partial charge in [-0.3, -0.25) is 0 Å². The number of hydrogen-bond acceptors (Lipinski definition) is 4. The van der Waals surface area contributed by atoms with Gasteiger partial charge < -0.3 is 15.6 Å². The molecule has 0 saturated heterocycles. The quantitative estimate of drug-likeness (QED) is 0.590. The van der Waals surface area contributed by atoms with Crippen LogP contribution in [0.15, 0.2) is 41.5 Å². The Morgan fingerprint density at radius 1 is 1.14 bits per heavy atom. The summed E-state index contributed by atoms with van der Waals surface area (Å²) in [6, 6.07) is 9.60. The zero-order chi connectivity index (χ0) is 15.4. The lowest BCUT2D eigenvalue weighted by atomic mass is 10.1. The molecule has 0 radical (unpaired) electrons. The van der Waals surface area contributed by atoms with Crippen molar-refractivity contribution in [2.45, 2.75) is 13.5 Å². The molecule has 110 valence electrons. The van der Waals surface area contributed by atoms with Crippen LogP contribution in [-0.4, -0.2) is 15.9 Å². The fourth-order valence-electron chi connectivity index (χ4n) is 1.79. The zero-order valence-corrected chi connectivity index (χ0v) is 12.8. The molecule has 4 nitrogen and oxygen atoms in total. The molecular formula is C15H14Cl2N2O2. The van der Waals surface area contributed by atoms with E-state index in [1.165, 1.54) is 12.1 Å². The number of hydrogen-bond donors (Lipinski definition) is 3. The van der Waals surface area contributed by atoms with Gasteiger partial charge in [0.15, 0.2) is 0 Å². The molecular weight excluding hydrogens is 311 g/mol. The second-order valence-electron chi connectivity index (χ2n) is 4.47. The van der Waals surface area contributed by atoms with Crippen molar-refractivity contribution in [3.63, 3.8) is 0 Å². The molecule has 0 heterocycles. The van der Waals surface area contributed by atoms with Gasteiger partial charge in [-0.2, -0.15) is 5.10 Å². The standard InChI is InChI=1S/C15H14Cl2N2O2/c1-9(13-5-4-12(20)7-15(13)21)19-18-8-10-2-3-11(16)6-14(10)17/h2-7,18,20-21H,8H2,1H3/b19-9-. The molecule has 0 aliphatic rings. The van der Waals surface area contributed by atoms with E-state index >= 15 is 0 Å². The number of halogens is 2. The molecule has 21 heavy (non-hydrogen) atoms. The molecule has 0 aliphatic carbocycles. The molecule has 0 saturated carbocycles. The van der Waals surface area contributed by atoms with Crippen molar-refractivity contribution in [3.05, 3.63) is 57.6 Å². The number of rotatable bonds is 4. The van der Waals surface area contributed by atoms with Crippen LogP contribution in [0.25, 0.3) is 0 Å². The number of benzene rings is 2. The van der Waals surface area contributed by atoms with Crippen molar-refractivity contribution in [3.8, 4) is 11.5 Å². The molecule has 0 atom stereocenters. The van der Waals surface area contributed by atoms with Crippen LogP contribution in [0.4, 0.5) is 0 Å². The minimum Gasteiger partial charge on any atom is -0.508 e. The molecule has 0 fully saturated rings. The van der Waals surface area contributed by atoms with E-state index in [0.717, 1.165) is 5.56 Å². The first-order valence-corrected chi connectivity index (χ1v) is 6.96. The van der Waals surface area contributed by atoms with E-state index in [9.17, 15) is 10.2 Å². The minimum atomic E-state index is -0.0254. The van der Waals surface area contributed by atoms with E-state index in [-0.39, 0.29) is 11.5 Å². The number of aromatic hydroxyl groups is 2. The van der Waals surface area contributed by atoms with Gasteiger partial charge in [0, 0.05) is 21.7 Å². The van der Waals surface area contributed by atoms with E-state index in [1.54, 1.807) is 25.1 Å². The number of phenolic OH excluding ortho intramolecular Hbond substituents is 2. The SMILES string of the molecule is C/C(=N/NCc1ccc(Cl)cc1Cl)c1ccc(O)cc1O. The molecule has 0 unspecified atom stereocenters. The Morgan fingerprint density at radius 2 is 1.90 bits per heavy atom. The Labute approximate surface area is 132 Å².